The van der Waals surface area contributed by atoms with Gasteiger partial charge in [0.05, 0.1) is 11.1 Å². The van der Waals surface area contributed by atoms with Crippen molar-refractivity contribution in [2.75, 3.05) is 6.61 Å². The summed E-state index contributed by atoms with van der Waals surface area (Å²) in [5, 5.41) is 87.1. The van der Waals surface area contributed by atoms with Gasteiger partial charge in [-0.25, -0.2) is 9.59 Å². The molecule has 0 unspecified atom stereocenters. The summed E-state index contributed by atoms with van der Waals surface area (Å²) in [6.07, 6.45) is -9.14. The summed E-state index contributed by atoms with van der Waals surface area (Å²) in [6, 6.07) is 3.07. The highest BCUT2D eigenvalue weighted by molar-refractivity contribution is 5.91. The average molecular weight is 484 g/mol. The number of aliphatic hydroxyl groups is 3. The lowest BCUT2D eigenvalue weighted by Crippen LogP contribution is -2.60. The maximum absolute atomic E-state index is 12.4. The highest BCUT2D eigenvalue weighted by atomic mass is 16.7. The Morgan fingerprint density at radius 2 is 1.18 bits per heavy atom. The normalized spacial score (nSPS) is 24.4. The summed E-state index contributed by atoms with van der Waals surface area (Å²) in [5.41, 5.74) is -0.850. The van der Waals surface area contributed by atoms with Gasteiger partial charge in [-0.15, -0.1) is 0 Å². The van der Waals surface area contributed by atoms with Gasteiger partial charge in [0.1, 0.15) is 24.9 Å². The second kappa shape index (κ2) is 9.48. The maximum Gasteiger partial charge on any atom is 0.338 e. The number of rotatable bonds is 5. The van der Waals surface area contributed by atoms with E-state index < -0.39 is 89.3 Å². The molecule has 0 bridgehead atoms. The van der Waals surface area contributed by atoms with Gasteiger partial charge in [-0.3, -0.25) is 0 Å². The highest BCUT2D eigenvalue weighted by Gasteiger charge is 2.47. The Labute approximate surface area is 189 Å². The zero-order valence-electron chi connectivity index (χ0n) is 17.0. The molecule has 14 heteroatoms. The Morgan fingerprint density at radius 3 is 1.65 bits per heavy atom. The molecule has 0 radical (unpaired) electrons. The summed E-state index contributed by atoms with van der Waals surface area (Å²) in [5.74, 6) is -7.48. The van der Waals surface area contributed by atoms with Gasteiger partial charge in [0.25, 0.3) is 0 Å². The maximum atomic E-state index is 12.4. The van der Waals surface area contributed by atoms with E-state index in [1.807, 2.05) is 0 Å². The van der Waals surface area contributed by atoms with E-state index in [4.69, 9.17) is 14.2 Å². The Morgan fingerprint density at radius 1 is 0.735 bits per heavy atom. The average Bonchev–Trinajstić information content (AvgIpc) is 2.79. The molecular formula is C20H20O14. The lowest BCUT2D eigenvalue weighted by atomic mass is 9.99. The number of ether oxygens (including phenoxy) is 3. The van der Waals surface area contributed by atoms with Crippen molar-refractivity contribution in [2.24, 2.45) is 0 Å². The van der Waals surface area contributed by atoms with Crippen LogP contribution in [-0.2, 0) is 14.2 Å². The fourth-order valence-electron chi connectivity index (χ4n) is 3.07. The molecule has 1 saturated heterocycles. The first-order valence-corrected chi connectivity index (χ1v) is 9.48. The van der Waals surface area contributed by atoms with E-state index in [1.165, 1.54) is 0 Å². The first kappa shape index (κ1) is 24.7. The number of phenolic OH excluding ortho intramolecular Hbond substituents is 6. The summed E-state index contributed by atoms with van der Waals surface area (Å²) in [7, 11) is 0. The molecule has 0 spiro atoms. The molecule has 0 aliphatic carbocycles. The number of carbonyl (C=O) groups excluding carboxylic acids is 2. The van der Waals surface area contributed by atoms with E-state index in [-0.39, 0.29) is 5.56 Å². The molecule has 34 heavy (non-hydrogen) atoms. The summed E-state index contributed by atoms with van der Waals surface area (Å²) in [6.45, 7) is -0.749. The molecule has 1 fully saturated rings. The first-order valence-electron chi connectivity index (χ1n) is 9.48. The van der Waals surface area contributed by atoms with Gasteiger partial charge < -0.3 is 60.2 Å². The van der Waals surface area contributed by atoms with Crippen molar-refractivity contribution < 1.29 is 69.8 Å². The molecule has 1 aliphatic heterocycles. The third kappa shape index (κ3) is 4.84. The van der Waals surface area contributed by atoms with Gasteiger partial charge in [0.2, 0.25) is 0 Å². The molecule has 1 heterocycles. The molecule has 9 N–H and O–H groups in total. The fourth-order valence-corrected chi connectivity index (χ4v) is 3.07. The van der Waals surface area contributed by atoms with Crippen LogP contribution in [0.3, 0.4) is 0 Å². The van der Waals surface area contributed by atoms with Crippen LogP contribution in [0.15, 0.2) is 24.3 Å². The molecule has 2 aromatic carbocycles. The molecule has 1 aliphatic rings. The summed E-state index contributed by atoms with van der Waals surface area (Å²) < 4.78 is 14.8. The zero-order chi connectivity index (χ0) is 25.3. The standard InChI is InChI=1S/C20H20O14/c21-8-1-6(2-9(22)13(8)25)18(29)32-5-12-15(27)17(16(28)20(31)33-12)34-19(30)7-3-10(23)14(26)11(24)4-7/h1-4,12,15-17,20-28,31H,5H2/t12-,15-,16-,17+,20-/m1/s1. The van der Waals surface area contributed by atoms with Gasteiger partial charge in [-0.05, 0) is 24.3 Å². The van der Waals surface area contributed by atoms with Crippen molar-refractivity contribution in [1.82, 2.24) is 0 Å². The second-order valence-corrected chi connectivity index (χ2v) is 7.24. The quantitative estimate of drug-likeness (QED) is 0.178. The number of esters is 2. The van der Waals surface area contributed by atoms with Crippen molar-refractivity contribution in [1.29, 1.82) is 0 Å². The van der Waals surface area contributed by atoms with E-state index in [0.29, 0.717) is 0 Å². The smallest absolute Gasteiger partial charge is 0.338 e. The fraction of sp³-hybridized carbons (Fsp3) is 0.300. The molecule has 0 saturated carbocycles. The van der Waals surface area contributed by atoms with Crippen molar-refractivity contribution in [3.05, 3.63) is 35.4 Å². The zero-order valence-corrected chi connectivity index (χ0v) is 17.0. The third-order valence-electron chi connectivity index (χ3n) is 4.89. The van der Waals surface area contributed by atoms with Crippen molar-refractivity contribution >= 4 is 11.9 Å². The second-order valence-electron chi connectivity index (χ2n) is 7.24. The van der Waals surface area contributed by atoms with E-state index >= 15 is 0 Å². The largest absolute Gasteiger partial charge is 0.504 e. The van der Waals surface area contributed by atoms with Crippen molar-refractivity contribution in [3.63, 3.8) is 0 Å². The van der Waals surface area contributed by atoms with Crippen molar-refractivity contribution in [3.8, 4) is 34.5 Å². The van der Waals surface area contributed by atoms with Gasteiger partial charge >= 0.3 is 11.9 Å². The van der Waals surface area contributed by atoms with Crippen LogP contribution in [0, 0.1) is 0 Å². The Balaban J connectivity index is 1.71. The molecule has 14 nitrogen and oxygen atoms in total. The first-order chi connectivity index (χ1) is 15.9. The Hall–Kier alpha value is -3.98. The van der Waals surface area contributed by atoms with Gasteiger partial charge in [0.15, 0.2) is 46.9 Å². The van der Waals surface area contributed by atoms with E-state index in [1.54, 1.807) is 0 Å². The van der Waals surface area contributed by atoms with Crippen LogP contribution in [0.25, 0.3) is 0 Å². The van der Waals surface area contributed by atoms with Crippen LogP contribution in [0.5, 0.6) is 34.5 Å². The minimum Gasteiger partial charge on any atom is -0.504 e. The molecular weight excluding hydrogens is 464 g/mol. The molecule has 184 valence electrons. The molecule has 5 atom stereocenters. The van der Waals surface area contributed by atoms with Crippen LogP contribution < -0.4 is 0 Å². The van der Waals surface area contributed by atoms with Crippen LogP contribution >= 0.6 is 0 Å². The number of carbonyl (C=O) groups is 2. The van der Waals surface area contributed by atoms with Gasteiger partial charge in [-0.2, -0.15) is 0 Å². The number of aromatic hydroxyl groups is 6. The van der Waals surface area contributed by atoms with Gasteiger partial charge in [-0.1, -0.05) is 0 Å². The molecule has 2 aromatic rings. The monoisotopic (exact) mass is 484 g/mol. The van der Waals surface area contributed by atoms with Crippen LogP contribution in [0.2, 0.25) is 0 Å². The lowest BCUT2D eigenvalue weighted by Gasteiger charge is -2.39. The number of benzene rings is 2. The minimum atomic E-state index is -1.99. The van der Waals surface area contributed by atoms with E-state index in [9.17, 15) is 55.5 Å². The van der Waals surface area contributed by atoms with Crippen LogP contribution in [0.4, 0.5) is 0 Å². The minimum absolute atomic E-state index is 0.381. The SMILES string of the molecule is O=C(OC[C@H]1O[C@@H](O)[C@H](O)[C@@H](OC(=O)c2cc(O)c(O)c(O)c2)[C@@H]1O)c1cc(O)c(O)c(O)c1. The van der Waals surface area contributed by atoms with E-state index in [2.05, 4.69) is 0 Å². The summed E-state index contributed by atoms with van der Waals surface area (Å²) >= 11 is 0. The topological polar surface area (TPSA) is 244 Å². The third-order valence-corrected chi connectivity index (χ3v) is 4.89. The number of hydrogen-bond acceptors (Lipinski definition) is 14. The van der Waals surface area contributed by atoms with Gasteiger partial charge in [0, 0.05) is 0 Å². The molecule has 0 aromatic heterocycles. The van der Waals surface area contributed by atoms with Crippen molar-refractivity contribution in [2.45, 2.75) is 30.7 Å². The highest BCUT2D eigenvalue weighted by Crippen LogP contribution is 2.37. The number of hydrogen-bond donors (Lipinski definition) is 9. The summed E-state index contributed by atoms with van der Waals surface area (Å²) in [4.78, 5) is 24.5. The molecule has 3 rings (SSSR count). The Kier molecular flexibility index (Phi) is 6.88. The number of aliphatic hydroxyl groups excluding tert-OH is 3. The number of phenols is 6. The predicted octanol–water partition coefficient (Wildman–Crippen LogP) is -1.26. The van der Waals surface area contributed by atoms with E-state index in [0.717, 1.165) is 24.3 Å². The lowest BCUT2D eigenvalue weighted by molar-refractivity contribution is -0.285. The van der Waals surface area contributed by atoms with Crippen LogP contribution in [-0.4, -0.2) is 95.2 Å². The molecule has 0 amide bonds. The van der Waals surface area contributed by atoms with Crippen LogP contribution in [0.1, 0.15) is 20.7 Å². The Bertz CT molecular complexity index is 1050. The predicted molar refractivity (Wildman–Crippen MR) is 105 cm³/mol.